The van der Waals surface area contributed by atoms with E-state index in [9.17, 15) is 19.2 Å². The van der Waals surface area contributed by atoms with Crippen LogP contribution in [0.5, 0.6) is 0 Å². The summed E-state index contributed by atoms with van der Waals surface area (Å²) in [6, 6.07) is 11.7. The third kappa shape index (κ3) is 6.19. The lowest BCUT2D eigenvalue weighted by Gasteiger charge is -2.07. The van der Waals surface area contributed by atoms with Crippen molar-refractivity contribution in [1.82, 2.24) is 10.9 Å². The van der Waals surface area contributed by atoms with Crippen molar-refractivity contribution in [2.45, 2.75) is 12.8 Å². The molecule has 0 fully saturated rings. The Kier molecular flexibility index (Phi) is 6.85. The van der Waals surface area contributed by atoms with Crippen molar-refractivity contribution in [2.24, 2.45) is 0 Å². The summed E-state index contributed by atoms with van der Waals surface area (Å²) in [5.74, 6) is -1.94. The van der Waals surface area contributed by atoms with E-state index in [-0.39, 0.29) is 25.2 Å². The summed E-state index contributed by atoms with van der Waals surface area (Å²) in [7, 11) is 0. The van der Waals surface area contributed by atoms with E-state index in [4.69, 9.17) is 4.74 Å². The molecule has 8 heteroatoms. The van der Waals surface area contributed by atoms with Gasteiger partial charge in [-0.3, -0.25) is 30.0 Å². The number of thiophene rings is 1. The van der Waals surface area contributed by atoms with Crippen LogP contribution in [0.3, 0.4) is 0 Å². The van der Waals surface area contributed by atoms with E-state index in [1.165, 1.54) is 11.3 Å². The van der Waals surface area contributed by atoms with Gasteiger partial charge < -0.3 is 4.74 Å². The topological polar surface area (TPSA) is 102 Å². The molecule has 2 N–H and O–H groups in total. The summed E-state index contributed by atoms with van der Waals surface area (Å²) >= 11 is 1.26. The lowest BCUT2D eigenvalue weighted by molar-refractivity contribution is -0.143. The van der Waals surface area contributed by atoms with Gasteiger partial charge in [0.2, 0.25) is 11.7 Å². The van der Waals surface area contributed by atoms with Crippen LogP contribution in [-0.4, -0.2) is 30.2 Å². The van der Waals surface area contributed by atoms with Crippen molar-refractivity contribution in [3.8, 4) is 0 Å². The van der Waals surface area contributed by atoms with E-state index in [0.29, 0.717) is 10.4 Å². The highest BCUT2D eigenvalue weighted by Gasteiger charge is 2.13. The maximum absolute atomic E-state index is 11.7. The van der Waals surface area contributed by atoms with Crippen LogP contribution < -0.4 is 10.9 Å². The Hall–Kier alpha value is -3.00. The van der Waals surface area contributed by atoms with E-state index >= 15 is 0 Å². The molecule has 1 aromatic heterocycles. The summed E-state index contributed by atoms with van der Waals surface area (Å²) in [6.45, 7) is -0.355. The molecule has 0 aliphatic heterocycles. The molecule has 0 bridgehead atoms. The largest absolute Gasteiger partial charge is 0.457 e. The van der Waals surface area contributed by atoms with Crippen molar-refractivity contribution in [3.63, 3.8) is 0 Å². The quantitative estimate of drug-likeness (QED) is 0.445. The summed E-state index contributed by atoms with van der Waals surface area (Å²) in [6.07, 6.45) is -0.355. The number of Topliss-reactive ketones (excluding diaryl/α,β-unsaturated/α-hetero) is 1. The van der Waals surface area contributed by atoms with Gasteiger partial charge in [0, 0.05) is 12.0 Å². The standard InChI is InChI=1S/C17H16N2O5S/c20-13(14-7-4-10-25-14)11-24-16(22)9-8-15(21)18-19-17(23)12-5-2-1-3-6-12/h1-7,10H,8-9,11H2,(H,18,21)(H,19,23). The van der Waals surface area contributed by atoms with Crippen LogP contribution in [0.2, 0.25) is 0 Å². The monoisotopic (exact) mass is 360 g/mol. The lowest BCUT2D eigenvalue weighted by Crippen LogP contribution is -2.41. The Labute approximate surface area is 148 Å². The van der Waals surface area contributed by atoms with Crippen LogP contribution in [0.15, 0.2) is 47.8 Å². The molecule has 0 saturated heterocycles. The zero-order valence-corrected chi connectivity index (χ0v) is 14.0. The van der Waals surface area contributed by atoms with Crippen LogP contribution in [0.1, 0.15) is 32.9 Å². The summed E-state index contributed by atoms with van der Waals surface area (Å²) in [4.78, 5) is 47.1. The highest BCUT2D eigenvalue weighted by molar-refractivity contribution is 7.12. The number of ether oxygens (including phenoxy) is 1. The molecule has 7 nitrogen and oxygen atoms in total. The molecule has 1 heterocycles. The van der Waals surface area contributed by atoms with Gasteiger partial charge in [-0.25, -0.2) is 0 Å². The first-order chi connectivity index (χ1) is 12.1. The van der Waals surface area contributed by atoms with Crippen LogP contribution in [0, 0.1) is 0 Å². The van der Waals surface area contributed by atoms with Gasteiger partial charge in [0.1, 0.15) is 0 Å². The number of hydrogen-bond donors (Lipinski definition) is 2. The zero-order valence-electron chi connectivity index (χ0n) is 13.2. The Morgan fingerprint density at radius 3 is 2.36 bits per heavy atom. The number of ketones is 1. The zero-order chi connectivity index (χ0) is 18.1. The van der Waals surface area contributed by atoms with E-state index in [1.807, 2.05) is 0 Å². The fourth-order valence-corrected chi connectivity index (χ4v) is 2.44. The minimum Gasteiger partial charge on any atom is -0.457 e. The average molecular weight is 360 g/mol. The minimum absolute atomic E-state index is 0.166. The normalized spacial score (nSPS) is 9.92. The molecular formula is C17H16N2O5S. The van der Waals surface area contributed by atoms with Crippen molar-refractivity contribution < 1.29 is 23.9 Å². The predicted molar refractivity (Wildman–Crippen MR) is 90.9 cm³/mol. The second-order valence-electron chi connectivity index (χ2n) is 4.93. The number of benzene rings is 1. The minimum atomic E-state index is -0.658. The van der Waals surface area contributed by atoms with Crippen molar-refractivity contribution in [1.29, 1.82) is 0 Å². The molecule has 2 rings (SSSR count). The maximum atomic E-state index is 11.7. The summed E-state index contributed by atoms with van der Waals surface area (Å²) in [5, 5.41) is 1.75. The molecule has 0 unspecified atom stereocenters. The molecule has 0 atom stereocenters. The Morgan fingerprint density at radius 2 is 1.68 bits per heavy atom. The Morgan fingerprint density at radius 1 is 0.920 bits per heavy atom. The first-order valence-electron chi connectivity index (χ1n) is 7.43. The number of esters is 1. The molecule has 0 aliphatic rings. The fourth-order valence-electron chi connectivity index (χ4n) is 1.79. The van der Waals surface area contributed by atoms with Gasteiger partial charge >= 0.3 is 5.97 Å². The molecular weight excluding hydrogens is 344 g/mol. The van der Waals surface area contributed by atoms with Gasteiger partial charge in [-0.05, 0) is 23.6 Å². The Bertz CT molecular complexity index is 744. The molecule has 0 radical (unpaired) electrons. The highest BCUT2D eigenvalue weighted by Crippen LogP contribution is 2.09. The van der Waals surface area contributed by atoms with Crippen LogP contribution in [-0.2, 0) is 14.3 Å². The summed E-state index contributed by atoms with van der Waals surface area (Å²) in [5.41, 5.74) is 4.86. The first kappa shape index (κ1) is 18.3. The Balaban J connectivity index is 1.63. The second-order valence-corrected chi connectivity index (χ2v) is 5.88. The van der Waals surface area contributed by atoms with Gasteiger partial charge in [-0.1, -0.05) is 24.3 Å². The van der Waals surface area contributed by atoms with Crippen LogP contribution in [0.25, 0.3) is 0 Å². The van der Waals surface area contributed by atoms with Gasteiger partial charge in [-0.2, -0.15) is 0 Å². The van der Waals surface area contributed by atoms with Crippen LogP contribution >= 0.6 is 11.3 Å². The summed E-state index contributed by atoms with van der Waals surface area (Å²) < 4.78 is 4.82. The molecule has 1 aromatic carbocycles. The average Bonchev–Trinajstić information content (AvgIpc) is 3.18. The number of nitrogens with one attached hydrogen (secondary N) is 2. The van der Waals surface area contributed by atoms with Gasteiger partial charge in [0.15, 0.2) is 6.61 Å². The van der Waals surface area contributed by atoms with E-state index in [1.54, 1.807) is 47.8 Å². The smallest absolute Gasteiger partial charge is 0.306 e. The van der Waals surface area contributed by atoms with Crippen molar-refractivity contribution >= 4 is 34.9 Å². The van der Waals surface area contributed by atoms with E-state index in [2.05, 4.69) is 10.9 Å². The number of hydrazine groups is 1. The third-order valence-electron chi connectivity index (χ3n) is 3.07. The fraction of sp³-hybridized carbons (Fsp3) is 0.176. The number of carbonyl (C=O) groups excluding carboxylic acids is 4. The first-order valence-corrected chi connectivity index (χ1v) is 8.31. The molecule has 2 amide bonds. The molecule has 25 heavy (non-hydrogen) atoms. The molecule has 130 valence electrons. The number of carbonyl (C=O) groups is 4. The lowest BCUT2D eigenvalue weighted by atomic mass is 10.2. The molecule has 2 aromatic rings. The SMILES string of the molecule is O=C(CCC(=O)OCC(=O)c1cccs1)NNC(=O)c1ccccc1. The third-order valence-corrected chi connectivity index (χ3v) is 3.98. The van der Waals surface area contributed by atoms with Gasteiger partial charge in [0.05, 0.1) is 11.3 Å². The van der Waals surface area contributed by atoms with Gasteiger partial charge in [0.25, 0.3) is 5.91 Å². The molecule has 0 spiro atoms. The number of hydrogen-bond acceptors (Lipinski definition) is 6. The number of amides is 2. The van der Waals surface area contributed by atoms with Crippen LogP contribution in [0.4, 0.5) is 0 Å². The maximum Gasteiger partial charge on any atom is 0.306 e. The van der Waals surface area contributed by atoms with E-state index < -0.39 is 17.8 Å². The van der Waals surface area contributed by atoms with Crippen molar-refractivity contribution in [2.75, 3.05) is 6.61 Å². The van der Waals surface area contributed by atoms with E-state index in [0.717, 1.165) is 0 Å². The highest BCUT2D eigenvalue weighted by atomic mass is 32.1. The molecule has 0 saturated carbocycles. The number of rotatable bonds is 7. The van der Waals surface area contributed by atoms with Gasteiger partial charge in [-0.15, -0.1) is 11.3 Å². The molecule has 0 aliphatic carbocycles. The second kappa shape index (κ2) is 9.33. The van der Waals surface area contributed by atoms with Crippen molar-refractivity contribution in [3.05, 3.63) is 58.3 Å². The predicted octanol–water partition coefficient (Wildman–Crippen LogP) is 1.72.